The molecule has 21 heavy (non-hydrogen) atoms. The van der Waals surface area contributed by atoms with Crippen LogP contribution in [0.5, 0.6) is 0 Å². The summed E-state index contributed by atoms with van der Waals surface area (Å²) in [5.74, 6) is -0.345. The van der Waals surface area contributed by atoms with Crippen LogP contribution >= 0.6 is 0 Å². The first-order chi connectivity index (χ1) is 9.89. The summed E-state index contributed by atoms with van der Waals surface area (Å²) in [6.07, 6.45) is -1.42. The second kappa shape index (κ2) is 6.58. The number of carbonyl (C=O) groups is 1. The van der Waals surface area contributed by atoms with Crippen LogP contribution in [-0.2, 0) is 12.8 Å². The van der Waals surface area contributed by atoms with Crippen molar-refractivity contribution in [3.63, 3.8) is 0 Å². The molecular weight excluding hydrogens is 283 g/mol. The highest BCUT2D eigenvalue weighted by Crippen LogP contribution is 2.23. The quantitative estimate of drug-likeness (QED) is 0.819. The highest BCUT2D eigenvalue weighted by Gasteiger charge is 2.31. The third-order valence-corrected chi connectivity index (χ3v) is 3.61. The van der Waals surface area contributed by atoms with Crippen molar-refractivity contribution >= 4 is 5.78 Å². The lowest BCUT2D eigenvalue weighted by Crippen LogP contribution is -2.39. The van der Waals surface area contributed by atoms with Crippen LogP contribution in [-0.4, -0.2) is 48.2 Å². The van der Waals surface area contributed by atoms with Crippen molar-refractivity contribution < 1.29 is 23.1 Å². The number of ketones is 1. The molecule has 0 fully saturated rings. The van der Waals surface area contributed by atoms with Crippen LogP contribution in [0.3, 0.4) is 0 Å². The van der Waals surface area contributed by atoms with Gasteiger partial charge < -0.3 is 5.11 Å². The fourth-order valence-corrected chi connectivity index (χ4v) is 2.65. The zero-order valence-electron chi connectivity index (χ0n) is 11.6. The van der Waals surface area contributed by atoms with Crippen molar-refractivity contribution in [2.45, 2.75) is 25.4 Å². The normalized spacial score (nSPS) is 14.5. The second-order valence-electron chi connectivity index (χ2n) is 5.31. The van der Waals surface area contributed by atoms with Crippen LogP contribution in [0.4, 0.5) is 13.2 Å². The first kappa shape index (κ1) is 16.0. The lowest BCUT2D eigenvalue weighted by atomic mass is 10.0. The van der Waals surface area contributed by atoms with Gasteiger partial charge in [0.2, 0.25) is 0 Å². The van der Waals surface area contributed by atoms with Gasteiger partial charge in [-0.2, -0.15) is 13.2 Å². The largest absolute Gasteiger partial charge is 0.401 e. The highest BCUT2D eigenvalue weighted by atomic mass is 19.4. The van der Waals surface area contributed by atoms with Gasteiger partial charge in [-0.15, -0.1) is 0 Å². The predicted molar refractivity (Wildman–Crippen MR) is 72.4 cm³/mol. The number of alkyl halides is 3. The molecule has 1 aliphatic rings. The van der Waals surface area contributed by atoms with Crippen molar-refractivity contribution in [2.75, 3.05) is 26.2 Å². The number of halogens is 3. The summed E-state index contributed by atoms with van der Waals surface area (Å²) in [6, 6.07) is 5.35. The maximum Gasteiger partial charge on any atom is 0.401 e. The van der Waals surface area contributed by atoms with Crippen molar-refractivity contribution in [2.24, 2.45) is 0 Å². The van der Waals surface area contributed by atoms with Crippen molar-refractivity contribution in [1.82, 2.24) is 4.90 Å². The Morgan fingerprint density at radius 2 is 1.95 bits per heavy atom. The fraction of sp³-hybridized carbons (Fsp3) is 0.533. The summed E-state index contributed by atoms with van der Waals surface area (Å²) in [7, 11) is 0. The number of hydrogen-bond donors (Lipinski definition) is 1. The molecule has 0 saturated heterocycles. The van der Waals surface area contributed by atoms with Gasteiger partial charge in [-0.25, -0.2) is 0 Å². The van der Waals surface area contributed by atoms with Gasteiger partial charge in [-0.3, -0.25) is 9.69 Å². The fourth-order valence-electron chi connectivity index (χ4n) is 2.65. The van der Waals surface area contributed by atoms with Gasteiger partial charge in [-0.1, -0.05) is 12.1 Å². The van der Waals surface area contributed by atoms with E-state index in [1.54, 1.807) is 12.1 Å². The minimum absolute atomic E-state index is 0.170. The first-order valence-corrected chi connectivity index (χ1v) is 6.94. The summed E-state index contributed by atoms with van der Waals surface area (Å²) < 4.78 is 37.3. The van der Waals surface area contributed by atoms with Crippen LogP contribution in [0.25, 0.3) is 0 Å². The lowest BCUT2D eigenvalue weighted by molar-refractivity contribution is -0.145. The second-order valence-corrected chi connectivity index (χ2v) is 5.31. The number of carbonyl (C=O) groups excluding carboxylic acids is 1. The molecule has 1 N–H and O–H groups in total. The Morgan fingerprint density at radius 3 is 2.62 bits per heavy atom. The molecule has 0 bridgehead atoms. The number of aliphatic hydroxyl groups excluding tert-OH is 1. The molecule has 6 heteroatoms. The average Bonchev–Trinajstić information content (AvgIpc) is 2.83. The summed E-state index contributed by atoms with van der Waals surface area (Å²) in [5.41, 5.74) is 2.78. The molecule has 0 spiro atoms. The molecule has 0 heterocycles. The van der Waals surface area contributed by atoms with Gasteiger partial charge in [0.05, 0.1) is 19.7 Å². The molecule has 0 saturated carbocycles. The summed E-state index contributed by atoms with van der Waals surface area (Å²) in [4.78, 5) is 13.1. The predicted octanol–water partition coefficient (Wildman–Crippen LogP) is 2.21. The van der Waals surface area contributed by atoms with Crippen molar-refractivity contribution in [1.29, 1.82) is 0 Å². The molecule has 1 aliphatic carbocycles. The Morgan fingerprint density at radius 1 is 1.24 bits per heavy atom. The van der Waals surface area contributed by atoms with E-state index in [-0.39, 0.29) is 18.9 Å². The zero-order chi connectivity index (χ0) is 15.5. The van der Waals surface area contributed by atoms with E-state index in [1.165, 1.54) is 5.56 Å². The van der Waals surface area contributed by atoms with E-state index in [0.717, 1.165) is 29.7 Å². The average molecular weight is 301 g/mol. The van der Waals surface area contributed by atoms with Gasteiger partial charge >= 0.3 is 6.18 Å². The van der Waals surface area contributed by atoms with Crippen LogP contribution in [0.1, 0.15) is 27.9 Å². The number of rotatable bonds is 6. The summed E-state index contributed by atoms with van der Waals surface area (Å²) in [5, 5.41) is 8.82. The number of Topliss-reactive ketones (excluding diaryl/α,β-unsaturated/α-hetero) is 1. The van der Waals surface area contributed by atoms with E-state index in [4.69, 9.17) is 5.11 Å². The molecule has 116 valence electrons. The van der Waals surface area contributed by atoms with Gasteiger partial charge in [0, 0.05) is 12.1 Å². The SMILES string of the molecule is O=C(CN(CCO)CC(F)(F)F)c1ccc2c(c1)CCC2. The Labute approximate surface area is 121 Å². The van der Waals surface area contributed by atoms with Crippen LogP contribution in [0.15, 0.2) is 18.2 Å². The summed E-state index contributed by atoms with van der Waals surface area (Å²) in [6.45, 7) is -2.10. The minimum Gasteiger partial charge on any atom is -0.395 e. The molecule has 0 aromatic heterocycles. The Kier molecular flexibility index (Phi) is 5.00. The molecule has 0 radical (unpaired) electrons. The standard InChI is InChI=1S/C15H18F3NO2/c16-15(17,18)10-19(6-7-20)9-14(21)13-5-4-11-2-1-3-12(11)8-13/h4-5,8,20H,1-3,6-7,9-10H2. The third-order valence-electron chi connectivity index (χ3n) is 3.61. The molecule has 1 aromatic rings. The van der Waals surface area contributed by atoms with E-state index < -0.39 is 19.3 Å². The van der Waals surface area contributed by atoms with E-state index in [9.17, 15) is 18.0 Å². The molecule has 0 atom stereocenters. The highest BCUT2D eigenvalue weighted by molar-refractivity contribution is 5.97. The van der Waals surface area contributed by atoms with E-state index in [0.29, 0.717) is 5.56 Å². The Bertz CT molecular complexity index is 514. The van der Waals surface area contributed by atoms with E-state index in [2.05, 4.69) is 0 Å². The monoisotopic (exact) mass is 301 g/mol. The van der Waals surface area contributed by atoms with Crippen molar-refractivity contribution in [3.8, 4) is 0 Å². The smallest absolute Gasteiger partial charge is 0.395 e. The van der Waals surface area contributed by atoms with Crippen molar-refractivity contribution in [3.05, 3.63) is 34.9 Å². The van der Waals surface area contributed by atoms with Gasteiger partial charge in [-0.05, 0) is 36.5 Å². The van der Waals surface area contributed by atoms with Crippen LogP contribution < -0.4 is 0 Å². The van der Waals surface area contributed by atoms with Crippen LogP contribution in [0.2, 0.25) is 0 Å². The number of benzene rings is 1. The minimum atomic E-state index is -4.38. The van der Waals surface area contributed by atoms with E-state index in [1.807, 2.05) is 6.07 Å². The number of aryl methyl sites for hydroxylation is 2. The molecule has 2 rings (SSSR count). The van der Waals surface area contributed by atoms with Gasteiger partial charge in [0.15, 0.2) is 5.78 Å². The number of aliphatic hydroxyl groups is 1. The molecular formula is C15H18F3NO2. The molecule has 0 aliphatic heterocycles. The van der Waals surface area contributed by atoms with E-state index >= 15 is 0 Å². The van der Waals surface area contributed by atoms with Crippen LogP contribution in [0, 0.1) is 0 Å². The van der Waals surface area contributed by atoms with Gasteiger partial charge in [0.25, 0.3) is 0 Å². The Hall–Kier alpha value is -1.40. The lowest BCUT2D eigenvalue weighted by Gasteiger charge is -2.22. The number of fused-ring (bicyclic) bond motifs is 1. The Balaban J connectivity index is 2.04. The molecule has 0 amide bonds. The molecule has 0 unspecified atom stereocenters. The third kappa shape index (κ3) is 4.54. The maximum atomic E-state index is 12.4. The number of nitrogens with zero attached hydrogens (tertiary/aromatic N) is 1. The zero-order valence-corrected chi connectivity index (χ0v) is 11.6. The first-order valence-electron chi connectivity index (χ1n) is 6.94. The topological polar surface area (TPSA) is 40.5 Å². The maximum absolute atomic E-state index is 12.4. The summed E-state index contributed by atoms with van der Waals surface area (Å²) >= 11 is 0. The van der Waals surface area contributed by atoms with Gasteiger partial charge in [0.1, 0.15) is 0 Å². The molecule has 1 aromatic carbocycles. The number of hydrogen-bond acceptors (Lipinski definition) is 3. The molecule has 3 nitrogen and oxygen atoms in total.